The zero-order chi connectivity index (χ0) is 11.1. The van der Waals surface area contributed by atoms with Crippen molar-refractivity contribution in [3.63, 3.8) is 0 Å². The Morgan fingerprint density at radius 1 is 1.13 bits per heavy atom. The van der Waals surface area contributed by atoms with Crippen molar-refractivity contribution in [2.45, 2.75) is 46.1 Å². The zero-order valence-electron chi connectivity index (χ0n) is 10.8. The Morgan fingerprint density at radius 2 is 1.67 bits per heavy atom. The molecule has 2 nitrogen and oxygen atoms in total. The molecule has 0 unspecified atom stereocenters. The van der Waals surface area contributed by atoms with Crippen molar-refractivity contribution in [1.82, 2.24) is 10.2 Å². The monoisotopic (exact) mass is 210 g/mol. The lowest BCUT2D eigenvalue weighted by molar-refractivity contribution is -0.0608. The zero-order valence-corrected chi connectivity index (χ0v) is 10.8. The molecule has 0 aromatic heterocycles. The number of nitrogens with one attached hydrogen (secondary N) is 1. The summed E-state index contributed by atoms with van der Waals surface area (Å²) in [5.41, 5.74) is 0.993. The second-order valence-corrected chi connectivity index (χ2v) is 6.71. The van der Waals surface area contributed by atoms with Crippen molar-refractivity contribution in [2.24, 2.45) is 11.3 Å². The fraction of sp³-hybridized carbons (Fsp3) is 1.00. The number of rotatable bonds is 1. The third-order valence-corrected chi connectivity index (χ3v) is 4.55. The summed E-state index contributed by atoms with van der Waals surface area (Å²) in [5.74, 6) is 0.907. The molecule has 0 saturated carbocycles. The molecule has 0 bridgehead atoms. The molecule has 88 valence electrons. The van der Waals surface area contributed by atoms with Crippen LogP contribution in [0, 0.1) is 11.3 Å². The van der Waals surface area contributed by atoms with Crippen molar-refractivity contribution in [3.8, 4) is 0 Å². The van der Waals surface area contributed by atoms with Gasteiger partial charge in [0.25, 0.3) is 0 Å². The van der Waals surface area contributed by atoms with Crippen LogP contribution in [0.25, 0.3) is 0 Å². The molecule has 2 saturated heterocycles. The van der Waals surface area contributed by atoms with Crippen LogP contribution in [0.4, 0.5) is 0 Å². The molecule has 0 radical (unpaired) electrons. The first-order chi connectivity index (χ1) is 6.92. The molecule has 0 atom stereocenters. The van der Waals surface area contributed by atoms with E-state index in [0.29, 0.717) is 11.0 Å². The molecule has 2 heteroatoms. The average Bonchev–Trinajstić information content (AvgIpc) is 1.98. The standard InChI is InChI=1S/C13H26N2/c1-12(2,3)11-9-15(10-11)13(4)5-7-14-8-6-13/h11,14H,5-10H2,1-4H3. The molecular weight excluding hydrogens is 184 g/mol. The fourth-order valence-electron chi connectivity index (χ4n) is 2.75. The summed E-state index contributed by atoms with van der Waals surface area (Å²) >= 11 is 0. The van der Waals surface area contributed by atoms with Gasteiger partial charge in [0.1, 0.15) is 0 Å². The predicted octanol–water partition coefficient (Wildman–Crippen LogP) is 2.11. The van der Waals surface area contributed by atoms with Gasteiger partial charge in [-0.1, -0.05) is 20.8 Å². The smallest absolute Gasteiger partial charge is 0.0205 e. The predicted molar refractivity (Wildman–Crippen MR) is 65.0 cm³/mol. The maximum absolute atomic E-state index is 3.46. The second kappa shape index (κ2) is 3.74. The van der Waals surface area contributed by atoms with E-state index < -0.39 is 0 Å². The van der Waals surface area contributed by atoms with E-state index in [0.717, 1.165) is 5.92 Å². The molecule has 0 spiro atoms. The van der Waals surface area contributed by atoms with Crippen LogP contribution >= 0.6 is 0 Å². The first-order valence-corrected chi connectivity index (χ1v) is 6.38. The number of piperidine rings is 1. The fourth-order valence-corrected chi connectivity index (χ4v) is 2.75. The minimum atomic E-state index is 0.493. The molecular formula is C13H26N2. The first-order valence-electron chi connectivity index (χ1n) is 6.38. The Kier molecular flexibility index (Phi) is 2.85. The summed E-state index contributed by atoms with van der Waals surface area (Å²) in [4.78, 5) is 2.71. The molecule has 2 heterocycles. The molecule has 0 aromatic rings. The summed E-state index contributed by atoms with van der Waals surface area (Å²) in [6.07, 6.45) is 2.65. The maximum Gasteiger partial charge on any atom is 0.0205 e. The van der Waals surface area contributed by atoms with Gasteiger partial charge < -0.3 is 5.32 Å². The highest BCUT2D eigenvalue weighted by atomic mass is 15.3. The van der Waals surface area contributed by atoms with Gasteiger partial charge in [-0.2, -0.15) is 0 Å². The van der Waals surface area contributed by atoms with Gasteiger partial charge >= 0.3 is 0 Å². The Labute approximate surface area is 94.4 Å². The second-order valence-electron chi connectivity index (χ2n) is 6.71. The summed E-state index contributed by atoms with van der Waals surface area (Å²) < 4.78 is 0. The van der Waals surface area contributed by atoms with Crippen molar-refractivity contribution in [2.75, 3.05) is 26.2 Å². The van der Waals surface area contributed by atoms with Crippen molar-refractivity contribution >= 4 is 0 Å². The summed E-state index contributed by atoms with van der Waals surface area (Å²) in [6, 6.07) is 0. The number of nitrogens with zero attached hydrogens (tertiary/aromatic N) is 1. The highest BCUT2D eigenvalue weighted by Crippen LogP contribution is 2.39. The van der Waals surface area contributed by atoms with Gasteiger partial charge in [-0.3, -0.25) is 4.90 Å². The topological polar surface area (TPSA) is 15.3 Å². The Balaban J connectivity index is 1.88. The molecule has 2 fully saturated rings. The SMILES string of the molecule is CC(C)(C)C1CN(C2(C)CCNCC2)C1. The average molecular weight is 210 g/mol. The first kappa shape index (κ1) is 11.4. The van der Waals surface area contributed by atoms with Crippen LogP contribution < -0.4 is 5.32 Å². The quantitative estimate of drug-likeness (QED) is 0.713. The molecule has 2 aliphatic heterocycles. The third kappa shape index (κ3) is 2.21. The number of hydrogen-bond acceptors (Lipinski definition) is 2. The van der Waals surface area contributed by atoms with Crippen molar-refractivity contribution < 1.29 is 0 Å². The summed E-state index contributed by atoms with van der Waals surface area (Å²) in [7, 11) is 0. The highest BCUT2D eigenvalue weighted by molar-refractivity contribution is 4.99. The van der Waals surface area contributed by atoms with E-state index in [4.69, 9.17) is 0 Å². The Hall–Kier alpha value is -0.0800. The molecule has 2 rings (SSSR count). The summed E-state index contributed by atoms with van der Waals surface area (Å²) in [5, 5.41) is 3.46. The van der Waals surface area contributed by atoms with Gasteiger partial charge in [-0.25, -0.2) is 0 Å². The maximum atomic E-state index is 3.46. The Morgan fingerprint density at radius 3 is 2.13 bits per heavy atom. The van der Waals surface area contributed by atoms with E-state index in [-0.39, 0.29) is 0 Å². The van der Waals surface area contributed by atoms with Gasteiger partial charge in [-0.15, -0.1) is 0 Å². The molecule has 15 heavy (non-hydrogen) atoms. The minimum absolute atomic E-state index is 0.493. The molecule has 1 N–H and O–H groups in total. The highest BCUT2D eigenvalue weighted by Gasteiger charge is 2.44. The van der Waals surface area contributed by atoms with E-state index in [2.05, 4.69) is 37.9 Å². The van der Waals surface area contributed by atoms with Crippen LogP contribution in [0.5, 0.6) is 0 Å². The lowest BCUT2D eigenvalue weighted by Gasteiger charge is -2.56. The van der Waals surface area contributed by atoms with Crippen LogP contribution in [0.1, 0.15) is 40.5 Å². The Bertz CT molecular complexity index is 217. The number of likely N-dealkylation sites (tertiary alicyclic amines) is 1. The minimum Gasteiger partial charge on any atom is -0.317 e. The normalized spacial score (nSPS) is 28.8. The third-order valence-electron chi connectivity index (χ3n) is 4.55. The lowest BCUT2D eigenvalue weighted by Crippen LogP contribution is -2.63. The largest absolute Gasteiger partial charge is 0.317 e. The van der Waals surface area contributed by atoms with Crippen LogP contribution in [0.2, 0.25) is 0 Å². The van der Waals surface area contributed by atoms with Crippen molar-refractivity contribution in [3.05, 3.63) is 0 Å². The van der Waals surface area contributed by atoms with E-state index in [1.807, 2.05) is 0 Å². The molecule has 0 aromatic carbocycles. The summed E-state index contributed by atoms with van der Waals surface area (Å²) in [6.45, 7) is 14.6. The van der Waals surface area contributed by atoms with Crippen molar-refractivity contribution in [1.29, 1.82) is 0 Å². The van der Waals surface area contributed by atoms with Crippen LogP contribution in [0.15, 0.2) is 0 Å². The van der Waals surface area contributed by atoms with Gasteiger partial charge in [0, 0.05) is 18.6 Å². The van der Waals surface area contributed by atoms with E-state index in [9.17, 15) is 0 Å². The number of hydrogen-bond donors (Lipinski definition) is 1. The van der Waals surface area contributed by atoms with E-state index in [1.54, 1.807) is 0 Å². The van der Waals surface area contributed by atoms with E-state index in [1.165, 1.54) is 39.0 Å². The van der Waals surface area contributed by atoms with Gasteiger partial charge in [-0.05, 0) is 44.2 Å². The van der Waals surface area contributed by atoms with E-state index >= 15 is 0 Å². The lowest BCUT2D eigenvalue weighted by atomic mass is 9.73. The molecule has 0 amide bonds. The van der Waals surface area contributed by atoms with Gasteiger partial charge in [0.2, 0.25) is 0 Å². The van der Waals surface area contributed by atoms with Crippen LogP contribution in [0.3, 0.4) is 0 Å². The molecule has 2 aliphatic rings. The van der Waals surface area contributed by atoms with Gasteiger partial charge in [0.15, 0.2) is 0 Å². The van der Waals surface area contributed by atoms with Crippen LogP contribution in [-0.2, 0) is 0 Å². The van der Waals surface area contributed by atoms with Crippen LogP contribution in [-0.4, -0.2) is 36.6 Å². The molecule has 0 aliphatic carbocycles. The van der Waals surface area contributed by atoms with Gasteiger partial charge in [0.05, 0.1) is 0 Å².